The summed E-state index contributed by atoms with van der Waals surface area (Å²) in [6, 6.07) is 17.4. The maximum absolute atomic E-state index is 12.6. The molecule has 0 heterocycles. The molecule has 3 N–H and O–H groups in total. The van der Waals surface area contributed by atoms with E-state index in [1.54, 1.807) is 0 Å². The smallest absolute Gasteiger partial charge is 0.315 e. The van der Waals surface area contributed by atoms with E-state index in [-0.39, 0.29) is 24.0 Å². The average Bonchev–Trinajstić information content (AvgIpc) is 2.70. The quantitative estimate of drug-likeness (QED) is 0.718. The van der Waals surface area contributed by atoms with Crippen molar-refractivity contribution in [3.8, 4) is 0 Å². The van der Waals surface area contributed by atoms with Gasteiger partial charge in [0, 0.05) is 18.2 Å². The molecule has 2 aromatic rings. The number of rotatable bonds is 6. The molecule has 0 radical (unpaired) electrons. The molecule has 2 atom stereocenters. The fraction of sp³-hybridized carbons (Fsp3) is 0.391. The maximum atomic E-state index is 12.6. The Morgan fingerprint density at radius 1 is 0.929 bits per heavy atom. The van der Waals surface area contributed by atoms with Crippen LogP contribution < -0.4 is 16.0 Å². The summed E-state index contributed by atoms with van der Waals surface area (Å²) in [6.45, 7) is 2.56. The molecule has 3 amide bonds. The topological polar surface area (TPSA) is 70.2 Å². The molecule has 28 heavy (non-hydrogen) atoms. The predicted octanol–water partition coefficient (Wildman–Crippen LogP) is 3.58. The minimum absolute atomic E-state index is 0.0402. The van der Waals surface area contributed by atoms with Crippen molar-refractivity contribution < 1.29 is 9.59 Å². The summed E-state index contributed by atoms with van der Waals surface area (Å²) in [5.74, 6) is -0.0770. The number of nitrogens with one attached hydrogen (secondary N) is 3. The molecule has 0 spiro atoms. The van der Waals surface area contributed by atoms with E-state index < -0.39 is 0 Å². The first-order valence-corrected chi connectivity index (χ1v) is 10.1. The third kappa shape index (κ3) is 5.84. The third-order valence-electron chi connectivity index (χ3n) is 5.22. The number of hydrogen-bond donors (Lipinski definition) is 3. The van der Waals surface area contributed by atoms with Gasteiger partial charge in [0.15, 0.2) is 0 Å². The molecular formula is C23H29N3O2. The lowest BCUT2D eigenvalue weighted by atomic mass is 9.90. The van der Waals surface area contributed by atoms with Gasteiger partial charge < -0.3 is 16.0 Å². The summed E-state index contributed by atoms with van der Waals surface area (Å²) in [5.41, 5.74) is 2.92. The number of benzene rings is 2. The van der Waals surface area contributed by atoms with Crippen molar-refractivity contribution in [1.82, 2.24) is 16.0 Å². The molecule has 0 aromatic heterocycles. The van der Waals surface area contributed by atoms with E-state index in [4.69, 9.17) is 0 Å². The lowest BCUT2D eigenvalue weighted by molar-refractivity contribution is 0.0916. The van der Waals surface area contributed by atoms with E-state index in [1.807, 2.05) is 49.4 Å². The minimum Gasteiger partial charge on any atom is -0.347 e. The summed E-state index contributed by atoms with van der Waals surface area (Å²) in [5, 5.41) is 9.11. The van der Waals surface area contributed by atoms with Gasteiger partial charge >= 0.3 is 6.03 Å². The van der Waals surface area contributed by atoms with Crippen LogP contribution in [-0.2, 0) is 6.42 Å². The largest absolute Gasteiger partial charge is 0.347 e. The van der Waals surface area contributed by atoms with Crippen LogP contribution in [0.3, 0.4) is 0 Å². The van der Waals surface area contributed by atoms with Gasteiger partial charge in [-0.3, -0.25) is 4.79 Å². The summed E-state index contributed by atoms with van der Waals surface area (Å²) in [6.07, 6.45) is 4.68. The molecule has 2 unspecified atom stereocenters. The van der Waals surface area contributed by atoms with Gasteiger partial charge in [0.05, 0.1) is 6.04 Å². The standard InChI is InChI=1S/C23H29N3O2/c1-17-8-7-11-19(16-17)22(27)25-20-12-5-6-13-21(20)26-23(28)24-15-14-18-9-3-2-4-10-18/h2-4,7-11,16,20-21H,5-6,12-15H2,1H3,(H,25,27)(H2,24,26,28). The van der Waals surface area contributed by atoms with Gasteiger partial charge in [-0.1, -0.05) is 60.9 Å². The summed E-state index contributed by atoms with van der Waals surface area (Å²) >= 11 is 0. The first-order valence-electron chi connectivity index (χ1n) is 10.1. The molecule has 3 rings (SSSR count). The molecule has 1 fully saturated rings. The Bertz CT molecular complexity index is 791. The molecule has 5 heteroatoms. The zero-order chi connectivity index (χ0) is 19.8. The Morgan fingerprint density at radius 3 is 2.36 bits per heavy atom. The molecular weight excluding hydrogens is 350 g/mol. The number of aryl methyl sites for hydroxylation is 1. The van der Waals surface area contributed by atoms with Gasteiger partial charge in [-0.05, 0) is 43.9 Å². The van der Waals surface area contributed by atoms with E-state index in [0.717, 1.165) is 37.7 Å². The lowest BCUT2D eigenvalue weighted by Gasteiger charge is -2.32. The number of carbonyl (C=O) groups is 2. The van der Waals surface area contributed by atoms with Crippen molar-refractivity contribution in [3.05, 3.63) is 71.3 Å². The second-order valence-electron chi connectivity index (χ2n) is 7.48. The molecule has 5 nitrogen and oxygen atoms in total. The van der Waals surface area contributed by atoms with Gasteiger partial charge in [0.2, 0.25) is 0 Å². The highest BCUT2D eigenvalue weighted by Crippen LogP contribution is 2.19. The van der Waals surface area contributed by atoms with Crippen LogP contribution in [0.1, 0.15) is 47.2 Å². The van der Waals surface area contributed by atoms with Crippen LogP contribution in [0.15, 0.2) is 54.6 Å². The van der Waals surface area contributed by atoms with Crippen LogP contribution in [0.5, 0.6) is 0 Å². The number of urea groups is 1. The van der Waals surface area contributed by atoms with Crippen molar-refractivity contribution >= 4 is 11.9 Å². The maximum Gasteiger partial charge on any atom is 0.315 e. The minimum atomic E-state index is -0.169. The van der Waals surface area contributed by atoms with E-state index in [2.05, 4.69) is 28.1 Å². The fourth-order valence-electron chi connectivity index (χ4n) is 3.70. The normalized spacial score (nSPS) is 18.9. The average molecular weight is 380 g/mol. The number of amides is 3. The van der Waals surface area contributed by atoms with Crippen molar-refractivity contribution in [2.24, 2.45) is 0 Å². The molecule has 2 aromatic carbocycles. The van der Waals surface area contributed by atoms with Crippen LogP contribution in [0.2, 0.25) is 0 Å². The molecule has 1 aliphatic carbocycles. The molecule has 0 aliphatic heterocycles. The summed E-state index contributed by atoms with van der Waals surface area (Å²) < 4.78 is 0. The van der Waals surface area contributed by atoms with Gasteiger partial charge in [0.25, 0.3) is 5.91 Å². The van der Waals surface area contributed by atoms with Crippen molar-refractivity contribution in [2.75, 3.05) is 6.54 Å². The number of hydrogen-bond acceptors (Lipinski definition) is 2. The zero-order valence-corrected chi connectivity index (χ0v) is 16.4. The molecule has 0 saturated heterocycles. The highest BCUT2D eigenvalue weighted by molar-refractivity contribution is 5.94. The summed E-state index contributed by atoms with van der Waals surface area (Å²) in [4.78, 5) is 24.9. The predicted molar refractivity (Wildman–Crippen MR) is 111 cm³/mol. The monoisotopic (exact) mass is 379 g/mol. The van der Waals surface area contributed by atoms with Gasteiger partial charge in [-0.25, -0.2) is 4.79 Å². The van der Waals surface area contributed by atoms with E-state index in [1.165, 1.54) is 5.56 Å². The first-order chi connectivity index (χ1) is 13.6. The Balaban J connectivity index is 1.49. The lowest BCUT2D eigenvalue weighted by Crippen LogP contribution is -2.55. The van der Waals surface area contributed by atoms with Crippen molar-refractivity contribution in [2.45, 2.75) is 51.1 Å². The van der Waals surface area contributed by atoms with Gasteiger partial charge in [-0.2, -0.15) is 0 Å². The number of carbonyl (C=O) groups excluding carboxylic acids is 2. The van der Waals surface area contributed by atoms with E-state index >= 15 is 0 Å². The SMILES string of the molecule is Cc1cccc(C(=O)NC2CCCCC2NC(=O)NCCc2ccccc2)c1. The van der Waals surface area contributed by atoms with Crippen LogP contribution in [0.4, 0.5) is 4.79 Å². The van der Waals surface area contributed by atoms with Crippen molar-refractivity contribution in [3.63, 3.8) is 0 Å². The van der Waals surface area contributed by atoms with Crippen molar-refractivity contribution in [1.29, 1.82) is 0 Å². The molecule has 148 valence electrons. The van der Waals surface area contributed by atoms with Crippen LogP contribution in [0.25, 0.3) is 0 Å². The van der Waals surface area contributed by atoms with Crippen LogP contribution in [-0.4, -0.2) is 30.6 Å². The van der Waals surface area contributed by atoms with E-state index in [9.17, 15) is 9.59 Å². The van der Waals surface area contributed by atoms with Crippen LogP contribution in [0, 0.1) is 6.92 Å². The molecule has 0 bridgehead atoms. The highest BCUT2D eigenvalue weighted by Gasteiger charge is 2.28. The van der Waals surface area contributed by atoms with Crippen LogP contribution >= 0.6 is 0 Å². The Hall–Kier alpha value is -2.82. The Kier molecular flexibility index (Phi) is 7.06. The van der Waals surface area contributed by atoms with Gasteiger partial charge in [-0.15, -0.1) is 0 Å². The first kappa shape index (κ1) is 19.9. The summed E-state index contributed by atoms with van der Waals surface area (Å²) in [7, 11) is 0. The Morgan fingerprint density at radius 2 is 1.64 bits per heavy atom. The third-order valence-corrected chi connectivity index (χ3v) is 5.22. The van der Waals surface area contributed by atoms with Gasteiger partial charge in [0.1, 0.15) is 0 Å². The highest BCUT2D eigenvalue weighted by atomic mass is 16.2. The molecule has 1 aliphatic rings. The second kappa shape index (κ2) is 9.93. The Labute approximate surface area is 166 Å². The molecule has 1 saturated carbocycles. The zero-order valence-electron chi connectivity index (χ0n) is 16.4. The fourth-order valence-corrected chi connectivity index (χ4v) is 3.70. The second-order valence-corrected chi connectivity index (χ2v) is 7.48. The van der Waals surface area contributed by atoms with E-state index in [0.29, 0.717) is 12.1 Å².